The molecule has 1 aromatic carbocycles. The van der Waals surface area contributed by atoms with Crippen LogP contribution in [0.15, 0.2) is 30.3 Å². The van der Waals surface area contributed by atoms with E-state index in [9.17, 15) is 9.59 Å². The van der Waals surface area contributed by atoms with Gasteiger partial charge in [0.2, 0.25) is 0 Å². The highest BCUT2D eigenvalue weighted by Gasteiger charge is 2.72. The predicted octanol–water partition coefficient (Wildman–Crippen LogP) is 1.78. The van der Waals surface area contributed by atoms with E-state index in [-0.39, 0.29) is 18.6 Å². The molecule has 2 N–H and O–H groups in total. The summed E-state index contributed by atoms with van der Waals surface area (Å²) in [6.07, 6.45) is 0.721. The molecule has 0 aromatic heterocycles. The van der Waals surface area contributed by atoms with E-state index < -0.39 is 17.5 Å². The maximum absolute atomic E-state index is 11.6. The Balaban J connectivity index is 1.43. The molecular weight excluding hydrogens is 246 g/mol. The minimum absolute atomic E-state index is 0.0422. The molecule has 3 rings (SSSR count). The Morgan fingerprint density at radius 1 is 1.32 bits per heavy atom. The number of hydrogen-bond acceptors (Lipinski definition) is 3. The molecule has 2 saturated carbocycles. The second-order valence-electron chi connectivity index (χ2n) is 5.29. The van der Waals surface area contributed by atoms with Crippen molar-refractivity contribution in [2.75, 3.05) is 0 Å². The Hall–Kier alpha value is -2.04. The first-order chi connectivity index (χ1) is 9.12. The maximum atomic E-state index is 11.6. The van der Waals surface area contributed by atoms with Gasteiger partial charge in [-0.25, -0.2) is 4.79 Å². The number of fused-ring (bicyclic) bond motifs is 1. The van der Waals surface area contributed by atoms with Gasteiger partial charge in [0.25, 0.3) is 0 Å². The van der Waals surface area contributed by atoms with Gasteiger partial charge in [0.05, 0.1) is 5.41 Å². The van der Waals surface area contributed by atoms with Gasteiger partial charge in [0.15, 0.2) is 0 Å². The van der Waals surface area contributed by atoms with Crippen molar-refractivity contribution in [1.82, 2.24) is 5.32 Å². The van der Waals surface area contributed by atoms with Crippen molar-refractivity contribution in [2.24, 2.45) is 11.3 Å². The number of carboxylic acid groups (broad SMARTS) is 1. The number of aliphatic carboxylic acids is 1. The van der Waals surface area contributed by atoms with Crippen LogP contribution in [0.5, 0.6) is 0 Å². The molecule has 0 unspecified atom stereocenters. The summed E-state index contributed by atoms with van der Waals surface area (Å²) in [7, 11) is 0. The summed E-state index contributed by atoms with van der Waals surface area (Å²) in [5.74, 6) is -0.650. The van der Waals surface area contributed by atoms with Crippen LogP contribution >= 0.6 is 0 Å². The van der Waals surface area contributed by atoms with E-state index in [1.54, 1.807) is 0 Å². The normalized spacial score (nSPS) is 30.7. The van der Waals surface area contributed by atoms with Crippen LogP contribution in [0.2, 0.25) is 0 Å². The summed E-state index contributed by atoms with van der Waals surface area (Å²) in [5, 5.41) is 11.7. The number of nitrogens with one attached hydrogen (secondary N) is 1. The van der Waals surface area contributed by atoms with Gasteiger partial charge < -0.3 is 15.2 Å². The molecule has 2 aliphatic rings. The van der Waals surface area contributed by atoms with Crippen LogP contribution in [-0.2, 0) is 16.1 Å². The Labute approximate surface area is 110 Å². The standard InChI is InChI=1S/C14H15NO4/c16-12(17)14-6-10(14)11(7-14)15-13(18)19-8-9-4-2-1-3-5-9/h1-5,10-11H,6-8H2,(H,15,18)(H,16,17)/t10-,11+,14-/m0/s1. The number of alkyl carbamates (subject to hydrolysis) is 1. The van der Waals surface area contributed by atoms with Gasteiger partial charge >= 0.3 is 12.1 Å². The Kier molecular flexibility index (Phi) is 2.69. The largest absolute Gasteiger partial charge is 0.481 e. The summed E-state index contributed by atoms with van der Waals surface area (Å²) < 4.78 is 5.10. The average Bonchev–Trinajstić information content (AvgIpc) is 3.02. The summed E-state index contributed by atoms with van der Waals surface area (Å²) in [6.45, 7) is 0.230. The maximum Gasteiger partial charge on any atom is 0.407 e. The zero-order valence-electron chi connectivity index (χ0n) is 10.3. The molecule has 5 heteroatoms. The first kappa shape index (κ1) is 12.0. The highest BCUT2D eigenvalue weighted by atomic mass is 16.5. The van der Waals surface area contributed by atoms with Crippen molar-refractivity contribution in [3.05, 3.63) is 35.9 Å². The zero-order chi connectivity index (χ0) is 13.5. The second kappa shape index (κ2) is 4.26. The lowest BCUT2D eigenvalue weighted by atomic mass is 9.80. The van der Waals surface area contributed by atoms with Gasteiger partial charge in [-0.05, 0) is 24.3 Å². The lowest BCUT2D eigenvalue weighted by Crippen LogP contribution is -2.48. The van der Waals surface area contributed by atoms with E-state index in [1.807, 2.05) is 30.3 Å². The van der Waals surface area contributed by atoms with E-state index in [2.05, 4.69) is 5.32 Å². The van der Waals surface area contributed by atoms with Crippen molar-refractivity contribution >= 4 is 12.1 Å². The third-order valence-electron chi connectivity index (χ3n) is 4.15. The first-order valence-corrected chi connectivity index (χ1v) is 6.32. The van der Waals surface area contributed by atoms with Crippen molar-refractivity contribution in [3.63, 3.8) is 0 Å². The smallest absolute Gasteiger partial charge is 0.407 e. The predicted molar refractivity (Wildman–Crippen MR) is 66.3 cm³/mol. The number of amides is 1. The highest BCUT2D eigenvalue weighted by Crippen LogP contribution is 2.67. The number of carboxylic acids is 1. The van der Waals surface area contributed by atoms with Gasteiger partial charge in [-0.2, -0.15) is 0 Å². The van der Waals surface area contributed by atoms with Crippen LogP contribution in [0.25, 0.3) is 0 Å². The van der Waals surface area contributed by atoms with Gasteiger partial charge in [0, 0.05) is 6.04 Å². The number of hydrogen-bond donors (Lipinski definition) is 2. The number of carbonyl (C=O) groups is 2. The third-order valence-corrected chi connectivity index (χ3v) is 4.15. The lowest BCUT2D eigenvalue weighted by molar-refractivity contribution is -0.147. The third kappa shape index (κ3) is 2.05. The highest BCUT2D eigenvalue weighted by molar-refractivity contribution is 5.82. The average molecular weight is 261 g/mol. The van der Waals surface area contributed by atoms with E-state index in [1.165, 1.54) is 0 Å². The van der Waals surface area contributed by atoms with Crippen LogP contribution in [0.1, 0.15) is 18.4 Å². The van der Waals surface area contributed by atoms with Crippen molar-refractivity contribution < 1.29 is 19.4 Å². The fraction of sp³-hybridized carbons (Fsp3) is 0.429. The number of benzene rings is 1. The molecule has 0 bridgehead atoms. The zero-order valence-corrected chi connectivity index (χ0v) is 10.3. The molecule has 100 valence electrons. The fourth-order valence-corrected chi connectivity index (χ4v) is 2.87. The molecule has 0 saturated heterocycles. The Morgan fingerprint density at radius 3 is 2.63 bits per heavy atom. The quantitative estimate of drug-likeness (QED) is 0.866. The van der Waals surface area contributed by atoms with Gasteiger partial charge in [-0.15, -0.1) is 0 Å². The molecule has 5 nitrogen and oxygen atoms in total. The minimum atomic E-state index is -0.742. The van der Waals surface area contributed by atoms with Gasteiger partial charge in [0.1, 0.15) is 6.61 Å². The van der Waals surface area contributed by atoms with Crippen molar-refractivity contribution in [3.8, 4) is 0 Å². The second-order valence-corrected chi connectivity index (χ2v) is 5.29. The molecule has 0 spiro atoms. The van der Waals surface area contributed by atoms with Crippen molar-refractivity contribution in [2.45, 2.75) is 25.5 Å². The molecule has 0 heterocycles. The molecule has 2 aliphatic carbocycles. The monoisotopic (exact) mass is 261 g/mol. The Morgan fingerprint density at radius 2 is 2.05 bits per heavy atom. The first-order valence-electron chi connectivity index (χ1n) is 6.32. The molecule has 2 fully saturated rings. The topological polar surface area (TPSA) is 75.6 Å². The SMILES string of the molecule is O=C(N[C@@H]1C[C@@]2(C(=O)O)C[C@@H]12)OCc1ccccc1. The van der Waals surface area contributed by atoms with E-state index >= 15 is 0 Å². The van der Waals surface area contributed by atoms with Crippen LogP contribution in [-0.4, -0.2) is 23.2 Å². The summed E-state index contributed by atoms with van der Waals surface area (Å²) in [6, 6.07) is 9.39. The Bertz CT molecular complexity index is 515. The summed E-state index contributed by atoms with van der Waals surface area (Å²) in [4.78, 5) is 22.5. The lowest BCUT2D eigenvalue weighted by Gasteiger charge is -2.31. The molecule has 0 radical (unpaired) electrons. The minimum Gasteiger partial charge on any atom is -0.481 e. The van der Waals surface area contributed by atoms with Gasteiger partial charge in [-0.1, -0.05) is 30.3 Å². The number of ether oxygens (including phenoxy) is 1. The fourth-order valence-electron chi connectivity index (χ4n) is 2.87. The molecule has 3 atom stereocenters. The molecule has 0 aliphatic heterocycles. The van der Waals surface area contributed by atoms with E-state index in [0.29, 0.717) is 12.8 Å². The van der Waals surface area contributed by atoms with Crippen LogP contribution in [0.3, 0.4) is 0 Å². The van der Waals surface area contributed by atoms with Crippen LogP contribution < -0.4 is 5.32 Å². The number of rotatable bonds is 4. The molecular formula is C14H15NO4. The van der Waals surface area contributed by atoms with Crippen molar-refractivity contribution in [1.29, 1.82) is 0 Å². The molecule has 1 amide bonds. The van der Waals surface area contributed by atoms with Crippen LogP contribution in [0, 0.1) is 11.3 Å². The molecule has 19 heavy (non-hydrogen) atoms. The number of carbonyl (C=O) groups excluding carboxylic acids is 1. The van der Waals surface area contributed by atoms with Gasteiger partial charge in [-0.3, -0.25) is 4.79 Å². The van der Waals surface area contributed by atoms with E-state index in [0.717, 1.165) is 5.56 Å². The summed E-state index contributed by atoms with van der Waals surface area (Å²) in [5.41, 5.74) is 0.384. The van der Waals surface area contributed by atoms with E-state index in [4.69, 9.17) is 9.84 Å². The molecule has 1 aromatic rings. The summed E-state index contributed by atoms with van der Waals surface area (Å²) >= 11 is 0. The van der Waals surface area contributed by atoms with Crippen LogP contribution in [0.4, 0.5) is 4.79 Å².